The summed E-state index contributed by atoms with van der Waals surface area (Å²) in [6.45, 7) is 1.89. The van der Waals surface area contributed by atoms with Gasteiger partial charge in [0.15, 0.2) is 0 Å². The highest BCUT2D eigenvalue weighted by Crippen LogP contribution is 2.47. The van der Waals surface area contributed by atoms with Gasteiger partial charge in [-0.05, 0) is 48.4 Å². The lowest BCUT2D eigenvalue weighted by Crippen LogP contribution is -2.18. The molecule has 0 bridgehead atoms. The Labute approximate surface area is 132 Å². The van der Waals surface area contributed by atoms with Crippen LogP contribution in [0.4, 0.5) is 5.69 Å². The molecule has 4 nitrogen and oxygen atoms in total. The van der Waals surface area contributed by atoms with E-state index < -0.39 is 5.97 Å². The number of carboxylic acids is 1. The zero-order valence-electron chi connectivity index (χ0n) is 12.2. The zero-order chi connectivity index (χ0) is 15.7. The van der Waals surface area contributed by atoms with Crippen molar-refractivity contribution in [1.82, 2.24) is 0 Å². The summed E-state index contributed by atoms with van der Waals surface area (Å²) >= 11 is 1.57. The number of aliphatic carboxylic acids is 1. The van der Waals surface area contributed by atoms with Crippen LogP contribution in [0.5, 0.6) is 0 Å². The molecule has 1 saturated carbocycles. The molecule has 0 saturated heterocycles. The summed E-state index contributed by atoms with van der Waals surface area (Å²) in [6, 6.07) is 11.4. The van der Waals surface area contributed by atoms with Gasteiger partial charge < -0.3 is 10.4 Å². The molecule has 2 N–H and O–H groups in total. The van der Waals surface area contributed by atoms with Gasteiger partial charge in [0, 0.05) is 10.6 Å². The number of rotatable bonds is 5. The first-order chi connectivity index (χ1) is 10.6. The van der Waals surface area contributed by atoms with E-state index in [1.165, 1.54) is 0 Å². The maximum absolute atomic E-state index is 12.2. The minimum Gasteiger partial charge on any atom is -0.481 e. The Morgan fingerprint density at radius 3 is 2.55 bits per heavy atom. The van der Waals surface area contributed by atoms with Crippen molar-refractivity contribution in [2.45, 2.75) is 25.2 Å². The van der Waals surface area contributed by atoms with Crippen LogP contribution < -0.4 is 5.32 Å². The van der Waals surface area contributed by atoms with E-state index in [2.05, 4.69) is 5.32 Å². The molecule has 1 amide bonds. The Hall–Kier alpha value is -2.14. The Morgan fingerprint density at radius 1 is 1.27 bits per heavy atom. The molecule has 1 fully saturated rings. The molecule has 114 valence electrons. The molecule has 3 atom stereocenters. The number of carbonyl (C=O) groups excluding carboxylic acids is 1. The van der Waals surface area contributed by atoms with Crippen LogP contribution in [0.1, 0.15) is 35.6 Å². The van der Waals surface area contributed by atoms with E-state index in [0.29, 0.717) is 6.42 Å². The Morgan fingerprint density at radius 2 is 2.00 bits per heavy atom. The van der Waals surface area contributed by atoms with Crippen LogP contribution in [0.15, 0.2) is 41.8 Å². The van der Waals surface area contributed by atoms with Crippen molar-refractivity contribution in [2.75, 3.05) is 5.32 Å². The van der Waals surface area contributed by atoms with Crippen molar-refractivity contribution < 1.29 is 14.7 Å². The second kappa shape index (κ2) is 5.93. The van der Waals surface area contributed by atoms with Crippen molar-refractivity contribution in [3.63, 3.8) is 0 Å². The van der Waals surface area contributed by atoms with Crippen molar-refractivity contribution in [3.05, 3.63) is 52.2 Å². The normalized spacial score (nSPS) is 21.1. The predicted molar refractivity (Wildman–Crippen MR) is 86.3 cm³/mol. The highest BCUT2D eigenvalue weighted by molar-refractivity contribution is 7.10. The molecule has 1 aliphatic rings. The molecule has 1 aromatic carbocycles. The van der Waals surface area contributed by atoms with Crippen molar-refractivity contribution in [1.29, 1.82) is 0 Å². The molecule has 2 aromatic rings. The summed E-state index contributed by atoms with van der Waals surface area (Å²) in [7, 11) is 0. The number of hydrogen-bond donors (Lipinski definition) is 2. The fourth-order valence-electron chi connectivity index (χ4n) is 2.57. The van der Waals surface area contributed by atoms with Gasteiger partial charge >= 0.3 is 5.97 Å². The highest BCUT2D eigenvalue weighted by Gasteiger charge is 2.43. The third-order valence-electron chi connectivity index (χ3n) is 4.08. The number of amides is 1. The van der Waals surface area contributed by atoms with E-state index in [0.717, 1.165) is 16.1 Å². The SMILES string of the molecule is CC(C(=O)Nc1ccc([C@@H]2C[C@H]2C(=O)O)cc1)c1cccs1. The van der Waals surface area contributed by atoms with Gasteiger partial charge in [0.1, 0.15) is 0 Å². The topological polar surface area (TPSA) is 66.4 Å². The minimum atomic E-state index is -0.729. The van der Waals surface area contributed by atoms with Gasteiger partial charge in [-0.1, -0.05) is 18.2 Å². The van der Waals surface area contributed by atoms with E-state index in [4.69, 9.17) is 5.11 Å². The molecule has 5 heteroatoms. The van der Waals surface area contributed by atoms with Crippen molar-refractivity contribution in [2.24, 2.45) is 5.92 Å². The van der Waals surface area contributed by atoms with Gasteiger partial charge in [0.25, 0.3) is 0 Å². The number of hydrogen-bond acceptors (Lipinski definition) is 3. The monoisotopic (exact) mass is 315 g/mol. The van der Waals surface area contributed by atoms with Gasteiger partial charge in [0.2, 0.25) is 5.91 Å². The lowest BCUT2D eigenvalue weighted by Gasteiger charge is -2.11. The molecular weight excluding hydrogens is 298 g/mol. The number of benzene rings is 1. The summed E-state index contributed by atoms with van der Waals surface area (Å²) < 4.78 is 0. The average molecular weight is 315 g/mol. The Kier molecular flexibility index (Phi) is 3.98. The van der Waals surface area contributed by atoms with Gasteiger partial charge in [-0.2, -0.15) is 0 Å². The maximum atomic E-state index is 12.2. The van der Waals surface area contributed by atoms with E-state index in [-0.39, 0.29) is 23.7 Å². The van der Waals surface area contributed by atoms with Crippen LogP contribution in [0, 0.1) is 5.92 Å². The molecule has 1 unspecified atom stereocenters. The van der Waals surface area contributed by atoms with Crippen molar-refractivity contribution in [3.8, 4) is 0 Å². The quantitative estimate of drug-likeness (QED) is 0.884. The van der Waals surface area contributed by atoms with E-state index in [1.807, 2.05) is 48.7 Å². The van der Waals surface area contributed by atoms with Crippen LogP contribution in [0.2, 0.25) is 0 Å². The molecular formula is C17H17NO3S. The summed E-state index contributed by atoms with van der Waals surface area (Å²) in [5, 5.41) is 13.8. The standard InChI is InChI=1S/C17H17NO3S/c1-10(15-3-2-8-22-15)16(19)18-12-6-4-11(5-7-12)13-9-14(13)17(20)21/h2-8,10,13-14H,9H2,1H3,(H,18,19)(H,20,21)/t10?,13-,14+/m0/s1. The first-order valence-corrected chi connectivity index (χ1v) is 8.11. The maximum Gasteiger partial charge on any atom is 0.307 e. The number of thiophene rings is 1. The van der Waals surface area contributed by atoms with Crippen molar-refractivity contribution >= 4 is 28.9 Å². The fraction of sp³-hybridized carbons (Fsp3) is 0.294. The fourth-order valence-corrected chi connectivity index (χ4v) is 3.35. The first kappa shape index (κ1) is 14.8. The van der Waals surface area contributed by atoms with Crippen LogP contribution in [0.3, 0.4) is 0 Å². The molecule has 22 heavy (non-hydrogen) atoms. The highest BCUT2D eigenvalue weighted by atomic mass is 32.1. The lowest BCUT2D eigenvalue weighted by molar-refractivity contribution is -0.138. The largest absolute Gasteiger partial charge is 0.481 e. The molecule has 0 aliphatic heterocycles. The zero-order valence-corrected chi connectivity index (χ0v) is 13.0. The number of carbonyl (C=O) groups is 2. The van der Waals surface area contributed by atoms with Gasteiger partial charge in [-0.15, -0.1) is 11.3 Å². The Balaban J connectivity index is 1.62. The van der Waals surface area contributed by atoms with Crippen LogP contribution >= 0.6 is 11.3 Å². The first-order valence-electron chi connectivity index (χ1n) is 7.23. The van der Waals surface area contributed by atoms with Crippen LogP contribution in [-0.2, 0) is 9.59 Å². The third kappa shape index (κ3) is 3.04. The molecule has 3 rings (SSSR count). The van der Waals surface area contributed by atoms with E-state index >= 15 is 0 Å². The van der Waals surface area contributed by atoms with E-state index in [1.54, 1.807) is 11.3 Å². The van der Waals surface area contributed by atoms with E-state index in [9.17, 15) is 9.59 Å². The van der Waals surface area contributed by atoms with Gasteiger partial charge in [-0.3, -0.25) is 9.59 Å². The molecule has 1 aromatic heterocycles. The molecule has 0 radical (unpaired) electrons. The van der Waals surface area contributed by atoms with Gasteiger partial charge in [0.05, 0.1) is 11.8 Å². The van der Waals surface area contributed by atoms with Gasteiger partial charge in [-0.25, -0.2) is 0 Å². The minimum absolute atomic E-state index is 0.0370. The third-order valence-corrected chi connectivity index (χ3v) is 5.13. The number of carboxylic acid groups (broad SMARTS) is 1. The molecule has 1 aliphatic carbocycles. The number of anilines is 1. The lowest BCUT2D eigenvalue weighted by atomic mass is 10.1. The molecule has 0 spiro atoms. The van der Waals surface area contributed by atoms with Crippen LogP contribution in [-0.4, -0.2) is 17.0 Å². The van der Waals surface area contributed by atoms with Crippen LogP contribution in [0.25, 0.3) is 0 Å². The second-order valence-electron chi connectivity index (χ2n) is 5.64. The summed E-state index contributed by atoms with van der Waals surface area (Å²) in [4.78, 5) is 24.1. The predicted octanol–water partition coefficient (Wildman–Crippen LogP) is 3.68. The summed E-state index contributed by atoms with van der Waals surface area (Å²) in [5.41, 5.74) is 1.77. The second-order valence-corrected chi connectivity index (χ2v) is 6.61. The Bertz CT molecular complexity index is 678. The molecule has 1 heterocycles. The smallest absolute Gasteiger partial charge is 0.307 e. The number of nitrogens with one attached hydrogen (secondary N) is 1. The average Bonchev–Trinajstić information content (AvgIpc) is 3.13. The summed E-state index contributed by atoms with van der Waals surface area (Å²) in [5.74, 6) is -1.08. The summed E-state index contributed by atoms with van der Waals surface area (Å²) in [6.07, 6.45) is 0.705.